The predicted molar refractivity (Wildman–Crippen MR) is 75.2 cm³/mol. The van der Waals surface area contributed by atoms with Gasteiger partial charge in [0.15, 0.2) is 0 Å². The minimum atomic E-state index is -0.155. The molecule has 3 aromatic rings. The number of nitrogens with zero attached hydrogens (tertiary/aromatic N) is 2. The number of ketones is 1. The molecule has 0 spiro atoms. The summed E-state index contributed by atoms with van der Waals surface area (Å²) in [5, 5.41) is 1.89. The third-order valence-electron chi connectivity index (χ3n) is 2.27. The summed E-state index contributed by atoms with van der Waals surface area (Å²) in [6, 6.07) is 5.25. The highest BCUT2D eigenvalue weighted by Gasteiger charge is 2.19. The van der Waals surface area contributed by atoms with Gasteiger partial charge in [0.2, 0.25) is 11.1 Å². The Labute approximate surface area is 120 Å². The van der Waals surface area contributed by atoms with Gasteiger partial charge in [0.25, 0.3) is 0 Å². The highest BCUT2D eigenvalue weighted by Crippen LogP contribution is 2.32. The Morgan fingerprint density at radius 2 is 2.11 bits per heavy atom. The number of hydrogen-bond donors (Lipinski definition) is 0. The van der Waals surface area contributed by atoms with Crippen LogP contribution in [0.2, 0.25) is 9.62 Å². The summed E-state index contributed by atoms with van der Waals surface area (Å²) in [5.41, 5.74) is 0.911. The number of fused-ring (bicyclic) bond motifs is 1. The molecule has 3 nitrogen and oxygen atoms in total. The molecule has 0 unspecified atom stereocenters. The average molecular weight is 315 g/mol. The van der Waals surface area contributed by atoms with Gasteiger partial charge in [-0.3, -0.25) is 4.79 Å². The van der Waals surface area contributed by atoms with Gasteiger partial charge in [0.1, 0.15) is 5.69 Å². The summed E-state index contributed by atoms with van der Waals surface area (Å²) in [6.45, 7) is 0. The quantitative estimate of drug-likeness (QED) is 0.523. The SMILES string of the molecule is O=C(c1cccs1)c1nc(Cl)nc2cc(Cl)sc12. The first-order valence-corrected chi connectivity index (χ1v) is 7.31. The van der Waals surface area contributed by atoms with Gasteiger partial charge in [-0.05, 0) is 29.1 Å². The van der Waals surface area contributed by atoms with E-state index in [0.29, 0.717) is 25.1 Å². The summed E-state index contributed by atoms with van der Waals surface area (Å²) < 4.78 is 1.23. The van der Waals surface area contributed by atoms with Crippen molar-refractivity contribution < 1.29 is 4.79 Å². The van der Waals surface area contributed by atoms with E-state index in [9.17, 15) is 4.79 Å². The van der Waals surface area contributed by atoms with E-state index in [1.165, 1.54) is 22.7 Å². The molecule has 0 bridgehead atoms. The lowest BCUT2D eigenvalue weighted by Gasteiger charge is -1.99. The Morgan fingerprint density at radius 3 is 2.83 bits per heavy atom. The molecule has 0 saturated carbocycles. The first kappa shape index (κ1) is 12.0. The second kappa shape index (κ2) is 4.59. The molecule has 0 atom stereocenters. The molecule has 0 amide bonds. The summed E-state index contributed by atoms with van der Waals surface area (Å²) >= 11 is 14.4. The molecule has 0 N–H and O–H groups in total. The van der Waals surface area contributed by atoms with Crippen LogP contribution in [0.4, 0.5) is 0 Å². The molecule has 0 fully saturated rings. The summed E-state index contributed by atoms with van der Waals surface area (Å²) in [4.78, 5) is 21.0. The van der Waals surface area contributed by atoms with Crippen molar-refractivity contribution in [3.05, 3.63) is 43.8 Å². The Bertz CT molecular complexity index is 737. The summed E-state index contributed by atoms with van der Waals surface area (Å²) in [6.07, 6.45) is 0. The molecule has 0 aliphatic heterocycles. The first-order valence-electron chi connectivity index (χ1n) is 4.86. The standard InChI is InChI=1S/C11H4Cl2N2OS2/c12-7-4-5-10(18-7)8(15-11(13)14-5)9(16)6-2-1-3-17-6/h1-4H. The molecule has 90 valence electrons. The number of halogens is 2. The van der Waals surface area contributed by atoms with E-state index >= 15 is 0 Å². The van der Waals surface area contributed by atoms with Crippen LogP contribution in [0, 0.1) is 0 Å². The van der Waals surface area contributed by atoms with Crippen molar-refractivity contribution in [1.82, 2.24) is 9.97 Å². The first-order chi connectivity index (χ1) is 8.65. The minimum absolute atomic E-state index is 0.0527. The van der Waals surface area contributed by atoms with Gasteiger partial charge in [-0.1, -0.05) is 17.7 Å². The van der Waals surface area contributed by atoms with E-state index in [2.05, 4.69) is 9.97 Å². The third kappa shape index (κ3) is 2.03. The van der Waals surface area contributed by atoms with Crippen molar-refractivity contribution in [2.24, 2.45) is 0 Å². The van der Waals surface area contributed by atoms with Gasteiger partial charge in [-0.15, -0.1) is 22.7 Å². The molecule has 0 aromatic carbocycles. The lowest BCUT2D eigenvalue weighted by molar-refractivity contribution is 0.103. The van der Waals surface area contributed by atoms with Crippen molar-refractivity contribution in [3.63, 3.8) is 0 Å². The van der Waals surface area contributed by atoms with E-state index in [0.717, 1.165) is 0 Å². The molecule has 7 heteroatoms. The van der Waals surface area contributed by atoms with Crippen LogP contribution in [0.5, 0.6) is 0 Å². The monoisotopic (exact) mass is 314 g/mol. The number of carbonyl (C=O) groups is 1. The van der Waals surface area contributed by atoms with Gasteiger partial charge >= 0.3 is 0 Å². The molecule has 3 heterocycles. The molecular weight excluding hydrogens is 311 g/mol. The maximum atomic E-state index is 12.3. The lowest BCUT2D eigenvalue weighted by Crippen LogP contribution is -2.03. The van der Waals surface area contributed by atoms with Crippen molar-refractivity contribution in [2.75, 3.05) is 0 Å². The van der Waals surface area contributed by atoms with Crippen molar-refractivity contribution >= 4 is 61.9 Å². The van der Waals surface area contributed by atoms with Crippen LogP contribution in [0.25, 0.3) is 10.2 Å². The minimum Gasteiger partial charge on any atom is -0.286 e. The Kier molecular flexibility index (Phi) is 3.07. The van der Waals surface area contributed by atoms with E-state index in [1.54, 1.807) is 12.1 Å². The van der Waals surface area contributed by atoms with Gasteiger partial charge in [0.05, 0.1) is 19.4 Å². The van der Waals surface area contributed by atoms with E-state index in [4.69, 9.17) is 23.2 Å². The van der Waals surface area contributed by atoms with E-state index in [-0.39, 0.29) is 11.1 Å². The molecule has 3 rings (SSSR count). The number of hydrogen-bond acceptors (Lipinski definition) is 5. The van der Waals surface area contributed by atoms with E-state index in [1.807, 2.05) is 11.4 Å². The number of rotatable bonds is 2. The topological polar surface area (TPSA) is 42.9 Å². The van der Waals surface area contributed by atoms with Gasteiger partial charge in [-0.2, -0.15) is 0 Å². The normalized spacial score (nSPS) is 11.0. The van der Waals surface area contributed by atoms with Crippen molar-refractivity contribution in [3.8, 4) is 0 Å². The van der Waals surface area contributed by atoms with Crippen LogP contribution in [0.15, 0.2) is 23.6 Å². The maximum Gasteiger partial charge on any atom is 0.223 e. The van der Waals surface area contributed by atoms with Crippen LogP contribution in [-0.4, -0.2) is 15.8 Å². The van der Waals surface area contributed by atoms with Crippen LogP contribution in [-0.2, 0) is 0 Å². The number of aromatic nitrogens is 2. The van der Waals surface area contributed by atoms with Crippen LogP contribution in [0.3, 0.4) is 0 Å². The number of carbonyl (C=O) groups excluding carboxylic acids is 1. The highest BCUT2D eigenvalue weighted by molar-refractivity contribution is 7.23. The largest absolute Gasteiger partial charge is 0.286 e. The molecule has 0 aliphatic carbocycles. The fraction of sp³-hybridized carbons (Fsp3) is 0. The molecule has 18 heavy (non-hydrogen) atoms. The van der Waals surface area contributed by atoms with Crippen LogP contribution >= 0.6 is 45.9 Å². The predicted octanol–water partition coefficient (Wildman–Crippen LogP) is 4.29. The van der Waals surface area contributed by atoms with Crippen LogP contribution in [0.1, 0.15) is 15.4 Å². The molecule has 0 saturated heterocycles. The zero-order valence-corrected chi connectivity index (χ0v) is 11.8. The molecule has 0 radical (unpaired) electrons. The molecule has 0 aliphatic rings. The highest BCUT2D eigenvalue weighted by atomic mass is 35.5. The second-order valence-electron chi connectivity index (χ2n) is 3.41. The third-order valence-corrected chi connectivity index (χ3v) is 4.57. The molecular formula is C11H4Cl2N2OS2. The van der Waals surface area contributed by atoms with Crippen molar-refractivity contribution in [2.45, 2.75) is 0 Å². The Hall–Kier alpha value is -1.01. The fourth-order valence-corrected chi connectivity index (χ4v) is 3.54. The van der Waals surface area contributed by atoms with Gasteiger partial charge < -0.3 is 0 Å². The summed E-state index contributed by atoms with van der Waals surface area (Å²) in [7, 11) is 0. The maximum absolute atomic E-state index is 12.3. The molecule has 3 aromatic heterocycles. The Morgan fingerprint density at radius 1 is 1.28 bits per heavy atom. The summed E-state index contributed by atoms with van der Waals surface area (Å²) in [5.74, 6) is -0.155. The Balaban J connectivity index is 2.25. The zero-order valence-electron chi connectivity index (χ0n) is 8.68. The lowest BCUT2D eigenvalue weighted by atomic mass is 10.2. The number of thiophene rings is 2. The van der Waals surface area contributed by atoms with Gasteiger partial charge in [0, 0.05) is 0 Å². The van der Waals surface area contributed by atoms with Crippen LogP contribution < -0.4 is 0 Å². The smallest absolute Gasteiger partial charge is 0.223 e. The van der Waals surface area contributed by atoms with E-state index < -0.39 is 0 Å². The zero-order chi connectivity index (χ0) is 12.7. The second-order valence-corrected chi connectivity index (χ2v) is 6.38. The van der Waals surface area contributed by atoms with Crippen molar-refractivity contribution in [1.29, 1.82) is 0 Å². The average Bonchev–Trinajstić information content (AvgIpc) is 2.94. The fourth-order valence-electron chi connectivity index (χ4n) is 1.55. The van der Waals surface area contributed by atoms with Gasteiger partial charge in [-0.25, -0.2) is 9.97 Å².